The maximum absolute atomic E-state index is 13.4. The molecule has 2 rings (SSSR count). The fourth-order valence-electron chi connectivity index (χ4n) is 2.65. The van der Waals surface area contributed by atoms with Crippen LogP contribution in [-0.4, -0.2) is 41.6 Å². The summed E-state index contributed by atoms with van der Waals surface area (Å²) < 4.78 is 13.4. The summed E-state index contributed by atoms with van der Waals surface area (Å²) in [6, 6.07) is 12.0. The molecule has 0 unspecified atom stereocenters. The van der Waals surface area contributed by atoms with Crippen LogP contribution in [0.1, 0.15) is 19.4 Å². The molecule has 9 heteroatoms. The average Bonchev–Trinajstić information content (AvgIpc) is 2.73. The number of amides is 2. The maximum atomic E-state index is 13.4. The van der Waals surface area contributed by atoms with Crippen LogP contribution in [0.15, 0.2) is 53.5 Å². The Kier molecular flexibility index (Phi) is 10.8. The van der Waals surface area contributed by atoms with E-state index in [1.807, 2.05) is 0 Å². The van der Waals surface area contributed by atoms with Crippen molar-refractivity contribution in [2.75, 3.05) is 18.4 Å². The van der Waals surface area contributed by atoms with Gasteiger partial charge in [0.2, 0.25) is 5.91 Å². The van der Waals surface area contributed by atoms with Gasteiger partial charge in [-0.25, -0.2) is 9.95 Å². The zero-order valence-corrected chi connectivity index (χ0v) is 19.0. The van der Waals surface area contributed by atoms with E-state index < -0.39 is 17.3 Å². The van der Waals surface area contributed by atoms with Crippen LogP contribution in [0.4, 0.5) is 10.1 Å². The number of carbonyl (C=O) groups excluding carboxylic acids is 2. The monoisotopic (exact) mass is 448 g/mol. The summed E-state index contributed by atoms with van der Waals surface area (Å²) in [6.07, 6.45) is 5.49. The van der Waals surface area contributed by atoms with Gasteiger partial charge in [-0.15, -0.1) is 18.7 Å². The largest absolute Gasteiger partial charge is 1.00 e. The van der Waals surface area contributed by atoms with E-state index in [-0.39, 0.29) is 43.6 Å². The SMILES string of the molecule is [CH2-]CN(C(=O)CN)C(C)(C)[C-]=NC(=[C-]C(=O)Nc1ccc(Cl)cc1)c1ccc(F)cc1.[Li+]. The predicted molar refractivity (Wildman–Crippen MR) is 121 cm³/mol. The average molecular weight is 449 g/mol. The summed E-state index contributed by atoms with van der Waals surface area (Å²) in [5.41, 5.74) is 5.58. The summed E-state index contributed by atoms with van der Waals surface area (Å²) in [7, 11) is 0. The summed E-state index contributed by atoms with van der Waals surface area (Å²) in [4.78, 5) is 30.3. The van der Waals surface area contributed by atoms with E-state index >= 15 is 0 Å². The minimum Gasteiger partial charge on any atom is -0.491 e. The molecule has 0 spiro atoms. The topological polar surface area (TPSA) is 87.8 Å². The first kappa shape index (κ1) is 27.6. The fraction of sp³-hybridized carbons (Fsp3) is 0.217. The third-order valence-electron chi connectivity index (χ3n) is 4.27. The molecule has 3 N–H and O–H groups in total. The van der Waals surface area contributed by atoms with Crippen molar-refractivity contribution in [3.63, 3.8) is 0 Å². The molecule has 0 atom stereocenters. The van der Waals surface area contributed by atoms with Crippen molar-refractivity contribution in [2.24, 2.45) is 10.7 Å². The summed E-state index contributed by atoms with van der Waals surface area (Å²) in [6.45, 7) is 7.15. The minimum absolute atomic E-state index is 0. The fourth-order valence-corrected chi connectivity index (χ4v) is 2.78. The van der Waals surface area contributed by atoms with Gasteiger partial charge < -0.3 is 27.9 Å². The zero-order chi connectivity index (χ0) is 23.0. The van der Waals surface area contributed by atoms with Gasteiger partial charge in [-0.1, -0.05) is 25.4 Å². The standard InChI is InChI=1S/C23H23ClFN4O2.Li/c1-4-29(22(31)14-26)23(2,3)15-27-20(16-5-9-18(25)10-6-16)13-21(30)28-19-11-7-17(24)8-12-19;/h5-12H,1,4,14,26H2,2-3H3,(H,28,30);/q-3;+1. The molecule has 0 aliphatic heterocycles. The molecular weight excluding hydrogens is 426 g/mol. The van der Waals surface area contributed by atoms with Crippen molar-refractivity contribution in [3.8, 4) is 0 Å². The second-order valence-corrected chi connectivity index (χ2v) is 7.41. The Bertz CT molecular complexity index is 976. The van der Waals surface area contributed by atoms with E-state index in [4.69, 9.17) is 17.3 Å². The van der Waals surface area contributed by atoms with Crippen LogP contribution in [0.3, 0.4) is 0 Å². The smallest absolute Gasteiger partial charge is 0.491 e. The number of aliphatic imine (C=N–C) groups is 1. The summed E-state index contributed by atoms with van der Waals surface area (Å²) in [5, 5.41) is 3.19. The van der Waals surface area contributed by atoms with E-state index in [9.17, 15) is 14.0 Å². The Morgan fingerprint density at radius 2 is 1.78 bits per heavy atom. The van der Waals surface area contributed by atoms with Gasteiger partial charge in [0.15, 0.2) is 0 Å². The first-order chi connectivity index (χ1) is 14.7. The molecule has 0 aromatic heterocycles. The number of hydrogen-bond acceptors (Lipinski definition) is 4. The number of nitrogens with zero attached hydrogens (tertiary/aromatic N) is 2. The van der Waals surface area contributed by atoms with Crippen LogP contribution in [0.25, 0.3) is 5.70 Å². The van der Waals surface area contributed by atoms with Crippen LogP contribution < -0.4 is 29.9 Å². The van der Waals surface area contributed by atoms with E-state index in [0.29, 0.717) is 16.3 Å². The molecule has 164 valence electrons. The number of rotatable bonds is 8. The Hall–Kier alpha value is -2.43. The van der Waals surface area contributed by atoms with Gasteiger partial charge in [0, 0.05) is 10.7 Å². The Labute approximate surface area is 204 Å². The van der Waals surface area contributed by atoms with Crippen LogP contribution in [-0.2, 0) is 9.59 Å². The second-order valence-electron chi connectivity index (χ2n) is 6.97. The van der Waals surface area contributed by atoms with Crippen molar-refractivity contribution in [3.05, 3.63) is 77.9 Å². The number of nitrogens with two attached hydrogens (primary N) is 1. The van der Waals surface area contributed by atoms with Gasteiger partial charge in [-0.2, -0.15) is 6.21 Å². The number of carbonyl (C=O) groups is 2. The number of anilines is 1. The number of nitrogens with one attached hydrogen (secondary N) is 1. The van der Waals surface area contributed by atoms with Gasteiger partial charge in [0.1, 0.15) is 11.7 Å². The molecule has 2 amide bonds. The maximum Gasteiger partial charge on any atom is 1.00 e. The van der Waals surface area contributed by atoms with E-state index in [0.717, 1.165) is 0 Å². The third-order valence-corrected chi connectivity index (χ3v) is 4.52. The summed E-state index contributed by atoms with van der Waals surface area (Å²) >= 11 is 5.85. The molecule has 32 heavy (non-hydrogen) atoms. The van der Waals surface area contributed by atoms with E-state index in [1.165, 1.54) is 29.2 Å². The van der Waals surface area contributed by atoms with Crippen LogP contribution in [0.5, 0.6) is 0 Å². The molecular formula is C23H23ClFLiN4O2-2. The van der Waals surface area contributed by atoms with Crippen LogP contribution in [0, 0.1) is 18.8 Å². The van der Waals surface area contributed by atoms with Crippen molar-refractivity contribution in [1.82, 2.24) is 4.90 Å². The first-order valence-corrected chi connectivity index (χ1v) is 9.78. The van der Waals surface area contributed by atoms with Crippen LogP contribution in [0.2, 0.25) is 5.02 Å². The zero-order valence-electron chi connectivity index (χ0n) is 18.3. The predicted octanol–water partition coefficient (Wildman–Crippen LogP) is 0.614. The Morgan fingerprint density at radius 3 is 2.31 bits per heavy atom. The molecule has 0 radical (unpaired) electrons. The van der Waals surface area contributed by atoms with Crippen molar-refractivity contribution >= 4 is 41.0 Å². The third kappa shape index (κ3) is 7.92. The first-order valence-electron chi connectivity index (χ1n) is 9.40. The molecule has 0 fully saturated rings. The van der Waals surface area contributed by atoms with Gasteiger partial charge in [-0.05, 0) is 41.9 Å². The quantitative estimate of drug-likeness (QED) is 0.268. The molecule has 0 saturated carbocycles. The van der Waals surface area contributed by atoms with E-state index in [2.05, 4.69) is 29.5 Å². The van der Waals surface area contributed by atoms with E-state index in [1.54, 1.807) is 38.1 Å². The normalized spacial score (nSPS) is 11.8. The number of hydrogen-bond donors (Lipinski definition) is 2. The molecule has 6 nitrogen and oxygen atoms in total. The molecule has 0 bridgehead atoms. The Morgan fingerprint density at radius 1 is 1.19 bits per heavy atom. The molecule has 2 aromatic rings. The molecule has 0 saturated heterocycles. The molecule has 0 aliphatic rings. The molecule has 0 aliphatic carbocycles. The van der Waals surface area contributed by atoms with Gasteiger partial charge in [0.05, 0.1) is 6.54 Å². The second kappa shape index (κ2) is 12.6. The van der Waals surface area contributed by atoms with Crippen molar-refractivity contribution in [2.45, 2.75) is 19.4 Å². The van der Waals surface area contributed by atoms with Crippen molar-refractivity contribution < 1.29 is 32.8 Å². The van der Waals surface area contributed by atoms with Gasteiger partial charge >= 0.3 is 18.9 Å². The van der Waals surface area contributed by atoms with Gasteiger partial charge in [0.25, 0.3) is 0 Å². The minimum atomic E-state index is -0.960. The molecule has 2 aromatic carbocycles. The number of benzene rings is 2. The van der Waals surface area contributed by atoms with Gasteiger partial charge in [-0.3, -0.25) is 21.4 Å². The number of halogens is 2. The molecule has 0 heterocycles. The van der Waals surface area contributed by atoms with Crippen LogP contribution >= 0.6 is 11.6 Å². The van der Waals surface area contributed by atoms with Crippen molar-refractivity contribution in [1.29, 1.82) is 0 Å². The summed E-state index contributed by atoms with van der Waals surface area (Å²) in [5.74, 6) is -1.32. The Balaban J connectivity index is 0.00000512.